The minimum atomic E-state index is -0.912. The third kappa shape index (κ3) is 2.20. The first-order valence-electron chi connectivity index (χ1n) is 6.42. The van der Waals surface area contributed by atoms with Crippen molar-refractivity contribution in [2.24, 2.45) is 0 Å². The molecule has 0 amide bonds. The summed E-state index contributed by atoms with van der Waals surface area (Å²) in [6.45, 7) is 0. The van der Waals surface area contributed by atoms with Crippen LogP contribution < -0.4 is 4.90 Å². The summed E-state index contributed by atoms with van der Waals surface area (Å²) >= 11 is 0. The van der Waals surface area contributed by atoms with Gasteiger partial charge in [0.2, 0.25) is 0 Å². The molecule has 3 rings (SSSR count). The Bertz CT molecular complexity index is 712. The predicted octanol–water partition coefficient (Wildman–Crippen LogP) is 2.74. The highest BCUT2D eigenvalue weighted by molar-refractivity contribution is 5.87. The molecule has 1 aliphatic heterocycles. The molecule has 6 nitrogen and oxygen atoms in total. The summed E-state index contributed by atoms with van der Waals surface area (Å²) in [5.41, 5.74) is 2.41. The molecule has 1 aliphatic rings. The molecule has 1 atom stereocenters. The van der Waals surface area contributed by atoms with Crippen LogP contribution in [0.1, 0.15) is 5.56 Å². The number of hydrogen-bond acceptors (Lipinski definition) is 4. The van der Waals surface area contributed by atoms with E-state index < -0.39 is 16.9 Å². The Morgan fingerprint density at radius 2 is 1.86 bits per heavy atom. The van der Waals surface area contributed by atoms with Crippen LogP contribution in [0.15, 0.2) is 48.5 Å². The van der Waals surface area contributed by atoms with Crippen LogP contribution >= 0.6 is 0 Å². The van der Waals surface area contributed by atoms with Gasteiger partial charge in [0.15, 0.2) is 0 Å². The summed E-state index contributed by atoms with van der Waals surface area (Å²) in [5, 5.41) is 20.1. The summed E-state index contributed by atoms with van der Waals surface area (Å²) in [6, 6.07) is 12.7. The van der Waals surface area contributed by atoms with Gasteiger partial charge in [0.1, 0.15) is 6.04 Å². The fourth-order valence-corrected chi connectivity index (χ4v) is 2.64. The van der Waals surface area contributed by atoms with E-state index in [1.807, 2.05) is 24.3 Å². The molecule has 0 fully saturated rings. The zero-order valence-electron chi connectivity index (χ0n) is 11.0. The molecule has 1 N–H and O–H groups in total. The number of carbonyl (C=O) groups is 1. The van der Waals surface area contributed by atoms with Crippen molar-refractivity contribution in [3.63, 3.8) is 0 Å². The molecule has 21 heavy (non-hydrogen) atoms. The maximum absolute atomic E-state index is 11.5. The van der Waals surface area contributed by atoms with E-state index in [4.69, 9.17) is 0 Å². The highest BCUT2D eigenvalue weighted by atomic mass is 16.6. The largest absolute Gasteiger partial charge is 0.480 e. The van der Waals surface area contributed by atoms with Crippen molar-refractivity contribution < 1.29 is 14.8 Å². The first-order chi connectivity index (χ1) is 10.1. The lowest BCUT2D eigenvalue weighted by Crippen LogP contribution is -2.35. The number of carboxylic acids is 1. The van der Waals surface area contributed by atoms with Crippen molar-refractivity contribution in [1.82, 2.24) is 0 Å². The lowest BCUT2D eigenvalue weighted by Gasteiger charge is -2.24. The van der Waals surface area contributed by atoms with Gasteiger partial charge in [-0.25, -0.2) is 4.79 Å². The number of fused-ring (bicyclic) bond motifs is 1. The monoisotopic (exact) mass is 284 g/mol. The number of para-hydroxylation sites is 1. The molecule has 2 aromatic carbocycles. The molecule has 0 aromatic heterocycles. The lowest BCUT2D eigenvalue weighted by atomic mass is 10.1. The topological polar surface area (TPSA) is 83.7 Å². The fourth-order valence-electron chi connectivity index (χ4n) is 2.64. The van der Waals surface area contributed by atoms with Crippen LogP contribution in [0.25, 0.3) is 0 Å². The minimum absolute atomic E-state index is 0.0156. The van der Waals surface area contributed by atoms with Gasteiger partial charge in [0.25, 0.3) is 5.69 Å². The molecule has 0 radical (unpaired) electrons. The Kier molecular flexibility index (Phi) is 3.06. The molecule has 0 saturated heterocycles. The fraction of sp³-hybridized carbons (Fsp3) is 0.133. The van der Waals surface area contributed by atoms with E-state index in [1.165, 1.54) is 12.1 Å². The van der Waals surface area contributed by atoms with E-state index in [-0.39, 0.29) is 5.69 Å². The molecule has 0 bridgehead atoms. The van der Waals surface area contributed by atoms with Crippen LogP contribution in [0.3, 0.4) is 0 Å². The quantitative estimate of drug-likeness (QED) is 0.692. The molecule has 0 spiro atoms. The number of anilines is 2. The van der Waals surface area contributed by atoms with Crippen LogP contribution in [0.2, 0.25) is 0 Å². The Labute approximate surface area is 120 Å². The average Bonchev–Trinajstić information content (AvgIpc) is 2.87. The number of nitro groups is 1. The predicted molar refractivity (Wildman–Crippen MR) is 76.8 cm³/mol. The minimum Gasteiger partial charge on any atom is -0.480 e. The zero-order valence-corrected chi connectivity index (χ0v) is 11.0. The van der Waals surface area contributed by atoms with E-state index in [0.717, 1.165) is 11.3 Å². The molecule has 1 heterocycles. The number of nitrogens with zero attached hydrogens (tertiary/aromatic N) is 2. The van der Waals surface area contributed by atoms with Crippen LogP contribution in [-0.2, 0) is 11.2 Å². The van der Waals surface area contributed by atoms with Gasteiger partial charge in [-0.2, -0.15) is 0 Å². The van der Waals surface area contributed by atoms with E-state index in [2.05, 4.69) is 0 Å². The number of benzene rings is 2. The number of nitro benzene ring substituents is 1. The summed E-state index contributed by atoms with van der Waals surface area (Å²) in [7, 11) is 0. The summed E-state index contributed by atoms with van der Waals surface area (Å²) in [5.74, 6) is -0.912. The van der Waals surface area contributed by atoms with Crippen LogP contribution in [0.5, 0.6) is 0 Å². The molecular weight excluding hydrogens is 272 g/mol. The standard InChI is InChI=1S/C15H12N2O4/c18-15(19)14-9-10-3-1-2-4-13(10)16(14)11-5-7-12(8-6-11)17(20)21/h1-8,14H,9H2,(H,18,19). The van der Waals surface area contributed by atoms with Crippen LogP contribution in [-0.4, -0.2) is 22.0 Å². The lowest BCUT2D eigenvalue weighted by molar-refractivity contribution is -0.384. The van der Waals surface area contributed by atoms with Gasteiger partial charge in [0, 0.05) is 29.9 Å². The van der Waals surface area contributed by atoms with Gasteiger partial charge < -0.3 is 10.0 Å². The molecule has 0 aliphatic carbocycles. The first kappa shape index (κ1) is 13.1. The summed E-state index contributed by atoms with van der Waals surface area (Å²) in [4.78, 5) is 23.4. The second-order valence-corrected chi connectivity index (χ2v) is 4.83. The maximum Gasteiger partial charge on any atom is 0.327 e. The molecule has 6 heteroatoms. The zero-order chi connectivity index (χ0) is 15.0. The Morgan fingerprint density at radius 3 is 2.48 bits per heavy atom. The van der Waals surface area contributed by atoms with E-state index in [9.17, 15) is 20.0 Å². The van der Waals surface area contributed by atoms with Crippen molar-refractivity contribution in [3.05, 3.63) is 64.2 Å². The van der Waals surface area contributed by atoms with Gasteiger partial charge in [-0.05, 0) is 23.8 Å². The molecule has 1 unspecified atom stereocenters. The van der Waals surface area contributed by atoms with Crippen molar-refractivity contribution in [1.29, 1.82) is 0 Å². The number of hydrogen-bond donors (Lipinski definition) is 1. The van der Waals surface area contributed by atoms with Crippen molar-refractivity contribution in [3.8, 4) is 0 Å². The highest BCUT2D eigenvalue weighted by Crippen LogP contribution is 2.38. The summed E-state index contributed by atoms with van der Waals surface area (Å²) < 4.78 is 0. The van der Waals surface area contributed by atoms with Crippen LogP contribution in [0, 0.1) is 10.1 Å². The van der Waals surface area contributed by atoms with E-state index >= 15 is 0 Å². The number of non-ortho nitro benzene ring substituents is 1. The Balaban J connectivity index is 2.05. The Hall–Kier alpha value is -2.89. The highest BCUT2D eigenvalue weighted by Gasteiger charge is 2.35. The molecule has 106 valence electrons. The molecular formula is C15H12N2O4. The third-order valence-corrected chi connectivity index (χ3v) is 3.60. The van der Waals surface area contributed by atoms with Gasteiger partial charge in [-0.3, -0.25) is 10.1 Å². The third-order valence-electron chi connectivity index (χ3n) is 3.60. The normalized spacial score (nSPS) is 16.6. The van der Waals surface area contributed by atoms with Crippen molar-refractivity contribution in [2.75, 3.05) is 4.90 Å². The van der Waals surface area contributed by atoms with Gasteiger partial charge in [-0.15, -0.1) is 0 Å². The number of aliphatic carboxylic acids is 1. The Morgan fingerprint density at radius 1 is 1.19 bits per heavy atom. The SMILES string of the molecule is O=C(O)C1Cc2ccccc2N1c1ccc([N+](=O)[O-])cc1. The number of carboxylic acid groups (broad SMARTS) is 1. The second-order valence-electron chi connectivity index (χ2n) is 4.83. The van der Waals surface area contributed by atoms with E-state index in [0.29, 0.717) is 12.1 Å². The van der Waals surface area contributed by atoms with Gasteiger partial charge >= 0.3 is 5.97 Å². The van der Waals surface area contributed by atoms with Crippen molar-refractivity contribution in [2.45, 2.75) is 12.5 Å². The van der Waals surface area contributed by atoms with Crippen LogP contribution in [0.4, 0.5) is 17.1 Å². The average molecular weight is 284 g/mol. The van der Waals surface area contributed by atoms with E-state index in [1.54, 1.807) is 17.0 Å². The van der Waals surface area contributed by atoms with Crippen molar-refractivity contribution >= 4 is 23.0 Å². The first-order valence-corrected chi connectivity index (χ1v) is 6.42. The summed E-state index contributed by atoms with van der Waals surface area (Å²) in [6.07, 6.45) is 0.419. The maximum atomic E-state index is 11.5. The second kappa shape index (κ2) is 4.90. The van der Waals surface area contributed by atoms with Gasteiger partial charge in [-0.1, -0.05) is 18.2 Å². The smallest absolute Gasteiger partial charge is 0.327 e. The molecule has 0 saturated carbocycles. The molecule has 2 aromatic rings. The van der Waals surface area contributed by atoms with Gasteiger partial charge in [0.05, 0.1) is 4.92 Å². The number of rotatable bonds is 3.